The minimum Gasteiger partial charge on any atom is -0.497 e. The third-order valence-electron chi connectivity index (χ3n) is 5.52. The highest BCUT2D eigenvalue weighted by atomic mass is 35.5. The smallest absolute Gasteiger partial charge is 0.263 e. The van der Waals surface area contributed by atoms with Crippen LogP contribution >= 0.6 is 11.6 Å². The molecule has 1 N–H and O–H groups in total. The van der Waals surface area contributed by atoms with E-state index in [1.54, 1.807) is 19.4 Å². The van der Waals surface area contributed by atoms with Crippen molar-refractivity contribution in [2.24, 2.45) is 5.10 Å². The van der Waals surface area contributed by atoms with Gasteiger partial charge in [-0.25, -0.2) is 10.4 Å². The Kier molecular flexibility index (Phi) is 5.16. The van der Waals surface area contributed by atoms with Crippen molar-refractivity contribution in [3.8, 4) is 11.4 Å². The number of methoxy groups -OCH3 is 1. The molecule has 0 spiro atoms. The van der Waals surface area contributed by atoms with Crippen molar-refractivity contribution in [2.75, 3.05) is 12.5 Å². The second-order valence-corrected chi connectivity index (χ2v) is 8.07. The molecule has 10 heteroatoms. The van der Waals surface area contributed by atoms with Crippen LogP contribution in [0, 0.1) is 0 Å². The van der Waals surface area contributed by atoms with Crippen molar-refractivity contribution < 1.29 is 4.74 Å². The van der Waals surface area contributed by atoms with Gasteiger partial charge in [-0.15, -0.1) is 25.2 Å². The predicted octanol–water partition coefficient (Wildman–Crippen LogP) is 5.02. The Balaban J connectivity index is 1.44. The SMILES string of the molecule is COc1ccc(C=NNc2nnc3c(n2)c2ccccc2c2nn(-c4ccccc4Cl)nc23)cc1. The maximum absolute atomic E-state index is 6.38. The fourth-order valence-corrected chi connectivity index (χ4v) is 4.05. The van der Waals surface area contributed by atoms with Crippen LogP contribution in [0.4, 0.5) is 5.95 Å². The third kappa shape index (κ3) is 3.77. The maximum atomic E-state index is 6.38. The molecule has 0 fully saturated rings. The molecule has 2 heterocycles. The Morgan fingerprint density at radius 3 is 2.31 bits per heavy atom. The maximum Gasteiger partial charge on any atom is 0.263 e. The average molecular weight is 481 g/mol. The molecule has 0 bridgehead atoms. The molecule has 2 aromatic heterocycles. The zero-order chi connectivity index (χ0) is 23.8. The molecule has 0 amide bonds. The number of rotatable bonds is 5. The Bertz CT molecular complexity index is 1730. The normalized spacial score (nSPS) is 11.6. The van der Waals surface area contributed by atoms with Gasteiger partial charge in [-0.05, 0) is 42.0 Å². The van der Waals surface area contributed by atoms with Crippen molar-refractivity contribution in [2.45, 2.75) is 0 Å². The second-order valence-electron chi connectivity index (χ2n) is 7.66. The summed E-state index contributed by atoms with van der Waals surface area (Å²) < 4.78 is 5.18. The Hall–Kier alpha value is -4.63. The molecule has 35 heavy (non-hydrogen) atoms. The van der Waals surface area contributed by atoms with Crippen molar-refractivity contribution in [3.63, 3.8) is 0 Å². The Morgan fingerprint density at radius 2 is 1.54 bits per heavy atom. The predicted molar refractivity (Wildman–Crippen MR) is 136 cm³/mol. The minimum absolute atomic E-state index is 0.269. The average Bonchev–Trinajstić information content (AvgIpc) is 3.35. The number of ether oxygens (including phenoxy) is 1. The highest BCUT2D eigenvalue weighted by Crippen LogP contribution is 2.32. The first-order valence-electron chi connectivity index (χ1n) is 10.7. The fraction of sp³-hybridized carbons (Fsp3) is 0.0400. The fourth-order valence-electron chi connectivity index (χ4n) is 3.84. The van der Waals surface area contributed by atoms with Crippen molar-refractivity contribution in [1.82, 2.24) is 30.2 Å². The van der Waals surface area contributed by atoms with Gasteiger partial charge in [-0.2, -0.15) is 5.10 Å². The van der Waals surface area contributed by atoms with Crippen LogP contribution in [0.1, 0.15) is 5.56 Å². The molecule has 6 aromatic rings. The van der Waals surface area contributed by atoms with E-state index in [1.165, 1.54) is 4.80 Å². The number of hydrazone groups is 1. The van der Waals surface area contributed by atoms with Crippen LogP contribution in [0.25, 0.3) is 38.5 Å². The van der Waals surface area contributed by atoms with Gasteiger partial charge in [0, 0.05) is 10.8 Å². The molecule has 9 nitrogen and oxygen atoms in total. The van der Waals surface area contributed by atoms with Crippen LogP contribution in [0.15, 0.2) is 77.9 Å². The molecular weight excluding hydrogens is 464 g/mol. The molecule has 6 rings (SSSR count). The zero-order valence-corrected chi connectivity index (χ0v) is 19.2. The Labute approximate surface area is 204 Å². The van der Waals surface area contributed by atoms with E-state index >= 15 is 0 Å². The first-order chi connectivity index (χ1) is 17.2. The van der Waals surface area contributed by atoms with Crippen LogP contribution in [-0.2, 0) is 0 Å². The van der Waals surface area contributed by atoms with Crippen LogP contribution in [-0.4, -0.2) is 43.5 Å². The first kappa shape index (κ1) is 20.9. The molecule has 0 aliphatic rings. The molecule has 0 radical (unpaired) electrons. The Morgan fingerprint density at radius 1 is 0.829 bits per heavy atom. The molecule has 0 saturated heterocycles. The number of benzene rings is 4. The highest BCUT2D eigenvalue weighted by Gasteiger charge is 2.18. The summed E-state index contributed by atoms with van der Waals surface area (Å²) in [6.07, 6.45) is 1.67. The van der Waals surface area contributed by atoms with E-state index in [9.17, 15) is 0 Å². The first-order valence-corrected chi connectivity index (χ1v) is 11.1. The zero-order valence-electron chi connectivity index (χ0n) is 18.4. The third-order valence-corrected chi connectivity index (χ3v) is 5.84. The summed E-state index contributed by atoms with van der Waals surface area (Å²) in [5.41, 5.74) is 6.91. The van der Waals surface area contributed by atoms with Crippen LogP contribution in [0.3, 0.4) is 0 Å². The van der Waals surface area contributed by atoms with Gasteiger partial charge >= 0.3 is 0 Å². The summed E-state index contributed by atoms with van der Waals surface area (Å²) in [7, 11) is 1.63. The summed E-state index contributed by atoms with van der Waals surface area (Å²) in [5, 5.41) is 24.6. The van der Waals surface area contributed by atoms with Crippen LogP contribution in [0.2, 0.25) is 5.02 Å². The summed E-state index contributed by atoms with van der Waals surface area (Å²) >= 11 is 6.38. The van der Waals surface area contributed by atoms with E-state index in [4.69, 9.17) is 26.4 Å². The lowest BCUT2D eigenvalue weighted by Gasteiger charge is -2.04. The largest absolute Gasteiger partial charge is 0.497 e. The van der Waals surface area contributed by atoms with Gasteiger partial charge in [-0.1, -0.05) is 48.0 Å². The number of para-hydroxylation sites is 1. The topological polar surface area (TPSA) is 103 Å². The summed E-state index contributed by atoms with van der Waals surface area (Å²) in [4.78, 5) is 6.21. The van der Waals surface area contributed by atoms with Gasteiger partial charge in [0.15, 0.2) is 0 Å². The quantitative estimate of drug-likeness (QED) is 0.210. The van der Waals surface area contributed by atoms with Gasteiger partial charge in [0.25, 0.3) is 5.95 Å². The van der Waals surface area contributed by atoms with E-state index in [0.717, 1.165) is 22.1 Å². The number of hydrogen-bond acceptors (Lipinski definition) is 8. The van der Waals surface area contributed by atoms with Gasteiger partial charge < -0.3 is 4.74 Å². The monoisotopic (exact) mass is 480 g/mol. The van der Waals surface area contributed by atoms with Crippen LogP contribution in [0.5, 0.6) is 5.75 Å². The number of nitrogens with zero attached hydrogens (tertiary/aromatic N) is 7. The van der Waals surface area contributed by atoms with Gasteiger partial charge in [0.1, 0.15) is 33.5 Å². The standard InChI is InChI=1S/C25H17ClN8O/c1-35-16-12-10-15(11-13-16)14-27-30-25-28-21-17-6-2-3-7-18(17)22-24(23(21)29-31-25)33-34(32-22)20-9-5-4-8-19(20)26/h2-14H,1H3,(H,28,30,31). The highest BCUT2D eigenvalue weighted by molar-refractivity contribution is 6.32. The summed E-state index contributed by atoms with van der Waals surface area (Å²) in [6, 6.07) is 22.8. The number of aromatic nitrogens is 6. The van der Waals surface area contributed by atoms with E-state index in [-0.39, 0.29) is 5.95 Å². The van der Waals surface area contributed by atoms with E-state index in [2.05, 4.69) is 25.8 Å². The van der Waals surface area contributed by atoms with Crippen molar-refractivity contribution in [3.05, 3.63) is 83.4 Å². The number of halogens is 1. The van der Waals surface area contributed by atoms with E-state index < -0.39 is 0 Å². The molecule has 0 aliphatic heterocycles. The molecule has 0 saturated carbocycles. The second kappa shape index (κ2) is 8.62. The van der Waals surface area contributed by atoms with Gasteiger partial charge in [0.2, 0.25) is 0 Å². The minimum atomic E-state index is 0.269. The molecular formula is C25H17ClN8O. The molecule has 170 valence electrons. The molecule has 0 unspecified atom stereocenters. The lowest BCUT2D eigenvalue weighted by molar-refractivity contribution is 0.415. The molecule has 0 aliphatic carbocycles. The lowest BCUT2D eigenvalue weighted by Crippen LogP contribution is -2.01. The number of nitrogens with one attached hydrogen (secondary N) is 1. The van der Waals surface area contributed by atoms with Crippen LogP contribution < -0.4 is 10.2 Å². The number of fused-ring (bicyclic) bond motifs is 6. The van der Waals surface area contributed by atoms with E-state index in [0.29, 0.717) is 32.8 Å². The lowest BCUT2D eigenvalue weighted by atomic mass is 10.1. The number of hydrogen-bond donors (Lipinski definition) is 1. The summed E-state index contributed by atoms with van der Waals surface area (Å²) in [6.45, 7) is 0. The molecule has 4 aromatic carbocycles. The summed E-state index contributed by atoms with van der Waals surface area (Å²) in [5.74, 6) is 1.05. The van der Waals surface area contributed by atoms with Gasteiger partial charge in [0.05, 0.1) is 18.3 Å². The van der Waals surface area contributed by atoms with Crippen molar-refractivity contribution in [1.29, 1.82) is 0 Å². The van der Waals surface area contributed by atoms with Crippen molar-refractivity contribution >= 4 is 56.6 Å². The van der Waals surface area contributed by atoms with Gasteiger partial charge in [-0.3, -0.25) is 0 Å². The van der Waals surface area contributed by atoms with E-state index in [1.807, 2.05) is 66.7 Å². The number of anilines is 1. The molecule has 0 atom stereocenters.